The lowest BCUT2D eigenvalue weighted by molar-refractivity contribution is -0.177. The van der Waals surface area contributed by atoms with Crippen LogP contribution in [0.3, 0.4) is 0 Å². The first-order chi connectivity index (χ1) is 10.6. The quantitative estimate of drug-likeness (QED) is 0.820. The molecule has 1 amide bonds. The van der Waals surface area contributed by atoms with Gasteiger partial charge in [-0.15, -0.1) is 0 Å². The van der Waals surface area contributed by atoms with Crippen LogP contribution in [0.5, 0.6) is 0 Å². The average molecular weight is 301 g/mol. The van der Waals surface area contributed by atoms with E-state index in [0.29, 0.717) is 18.9 Å². The summed E-state index contributed by atoms with van der Waals surface area (Å²) in [5, 5.41) is 2.75. The van der Waals surface area contributed by atoms with Gasteiger partial charge in [0.25, 0.3) is 5.91 Å². The molecule has 1 aromatic rings. The van der Waals surface area contributed by atoms with Crippen LogP contribution >= 0.6 is 0 Å². The van der Waals surface area contributed by atoms with E-state index in [1.807, 2.05) is 18.2 Å². The molecule has 1 aliphatic rings. The SMILES string of the molecule is CCOC1(OCC)C=CC(=O)C=C1C(=O)Nc1ccccc1. The van der Waals surface area contributed by atoms with Crippen LogP contribution in [0.4, 0.5) is 5.69 Å². The predicted molar refractivity (Wildman–Crippen MR) is 83.3 cm³/mol. The molecule has 0 saturated heterocycles. The average Bonchev–Trinajstić information content (AvgIpc) is 2.51. The number of ether oxygens (including phenoxy) is 2. The molecular weight excluding hydrogens is 282 g/mol. The topological polar surface area (TPSA) is 64.6 Å². The number of carbonyl (C=O) groups excluding carboxylic acids is 2. The molecular formula is C17H19NO4. The molecule has 0 radical (unpaired) electrons. The standard InChI is InChI=1S/C17H19NO4/c1-3-21-17(22-4-2)11-10-14(19)12-15(17)16(20)18-13-8-6-5-7-9-13/h5-12H,3-4H2,1-2H3,(H,18,20). The largest absolute Gasteiger partial charge is 0.343 e. The summed E-state index contributed by atoms with van der Waals surface area (Å²) < 4.78 is 11.3. The predicted octanol–water partition coefficient (Wildman–Crippen LogP) is 2.46. The molecule has 0 bridgehead atoms. The van der Waals surface area contributed by atoms with E-state index in [1.165, 1.54) is 18.2 Å². The third-order valence-electron chi connectivity index (χ3n) is 3.12. The van der Waals surface area contributed by atoms with Gasteiger partial charge in [0.15, 0.2) is 5.78 Å². The third-order valence-corrected chi connectivity index (χ3v) is 3.12. The molecule has 1 N–H and O–H groups in total. The summed E-state index contributed by atoms with van der Waals surface area (Å²) in [5.41, 5.74) is 0.782. The fourth-order valence-electron chi connectivity index (χ4n) is 2.24. The molecule has 1 aromatic carbocycles. The van der Waals surface area contributed by atoms with Gasteiger partial charge in [0.2, 0.25) is 5.79 Å². The van der Waals surface area contributed by atoms with Crippen LogP contribution in [-0.4, -0.2) is 30.7 Å². The lowest BCUT2D eigenvalue weighted by Crippen LogP contribution is -2.43. The van der Waals surface area contributed by atoms with Gasteiger partial charge in [-0.25, -0.2) is 0 Å². The summed E-state index contributed by atoms with van der Waals surface area (Å²) in [6, 6.07) is 9.01. The van der Waals surface area contributed by atoms with E-state index in [4.69, 9.17) is 9.47 Å². The zero-order chi connectivity index (χ0) is 16.0. The van der Waals surface area contributed by atoms with Crippen LogP contribution in [0.2, 0.25) is 0 Å². The van der Waals surface area contributed by atoms with E-state index in [-0.39, 0.29) is 11.4 Å². The Morgan fingerprint density at radius 1 is 1.14 bits per heavy atom. The second-order valence-corrected chi connectivity index (χ2v) is 4.65. The number of nitrogens with one attached hydrogen (secondary N) is 1. The normalized spacial score (nSPS) is 16.3. The number of amides is 1. The zero-order valence-electron chi connectivity index (χ0n) is 12.7. The van der Waals surface area contributed by atoms with Crippen molar-refractivity contribution in [1.82, 2.24) is 0 Å². The van der Waals surface area contributed by atoms with Gasteiger partial charge in [-0.05, 0) is 44.2 Å². The number of allylic oxidation sites excluding steroid dienone is 2. The molecule has 5 heteroatoms. The Morgan fingerprint density at radius 2 is 1.77 bits per heavy atom. The van der Waals surface area contributed by atoms with Crippen LogP contribution in [0.15, 0.2) is 54.1 Å². The molecule has 5 nitrogen and oxygen atoms in total. The van der Waals surface area contributed by atoms with Crippen molar-refractivity contribution in [2.75, 3.05) is 18.5 Å². The van der Waals surface area contributed by atoms with Crippen molar-refractivity contribution in [3.05, 3.63) is 54.1 Å². The molecule has 0 fully saturated rings. The number of anilines is 1. The van der Waals surface area contributed by atoms with Crippen molar-refractivity contribution in [3.63, 3.8) is 0 Å². The minimum Gasteiger partial charge on any atom is -0.343 e. The Morgan fingerprint density at radius 3 is 2.36 bits per heavy atom. The molecule has 0 heterocycles. The molecule has 2 rings (SSSR count). The smallest absolute Gasteiger partial charge is 0.257 e. The Hall–Kier alpha value is -2.24. The maximum Gasteiger partial charge on any atom is 0.257 e. The Labute approximate surface area is 129 Å². The van der Waals surface area contributed by atoms with Gasteiger partial charge in [-0.2, -0.15) is 0 Å². The minimum absolute atomic E-state index is 0.146. The fourth-order valence-corrected chi connectivity index (χ4v) is 2.24. The van der Waals surface area contributed by atoms with E-state index >= 15 is 0 Å². The summed E-state index contributed by atoms with van der Waals surface area (Å²) >= 11 is 0. The summed E-state index contributed by atoms with van der Waals surface area (Å²) in [6.45, 7) is 4.29. The van der Waals surface area contributed by atoms with Crippen molar-refractivity contribution in [3.8, 4) is 0 Å². The summed E-state index contributed by atoms with van der Waals surface area (Å²) in [4.78, 5) is 24.2. The Bertz CT molecular complexity index is 598. The molecule has 0 atom stereocenters. The van der Waals surface area contributed by atoms with Gasteiger partial charge in [-0.3, -0.25) is 9.59 Å². The minimum atomic E-state index is -1.32. The highest BCUT2D eigenvalue weighted by Gasteiger charge is 2.40. The monoisotopic (exact) mass is 301 g/mol. The highest BCUT2D eigenvalue weighted by Crippen LogP contribution is 2.29. The highest BCUT2D eigenvalue weighted by molar-refractivity contribution is 6.13. The lowest BCUT2D eigenvalue weighted by Gasteiger charge is -2.33. The molecule has 0 aliphatic heterocycles. The van der Waals surface area contributed by atoms with Crippen LogP contribution in [0.25, 0.3) is 0 Å². The first-order valence-electron chi connectivity index (χ1n) is 7.21. The van der Waals surface area contributed by atoms with Crippen molar-refractivity contribution in [2.45, 2.75) is 19.6 Å². The van der Waals surface area contributed by atoms with Gasteiger partial charge in [-0.1, -0.05) is 18.2 Å². The van der Waals surface area contributed by atoms with Crippen LogP contribution in [0.1, 0.15) is 13.8 Å². The number of benzene rings is 1. The summed E-state index contributed by atoms with van der Waals surface area (Å²) in [5.74, 6) is -2.02. The fraction of sp³-hybridized carbons (Fsp3) is 0.294. The van der Waals surface area contributed by atoms with Crippen molar-refractivity contribution in [1.29, 1.82) is 0 Å². The van der Waals surface area contributed by atoms with Crippen LogP contribution in [0, 0.1) is 0 Å². The highest BCUT2D eigenvalue weighted by atomic mass is 16.7. The van der Waals surface area contributed by atoms with E-state index < -0.39 is 11.7 Å². The first kappa shape index (κ1) is 16.1. The summed E-state index contributed by atoms with van der Waals surface area (Å²) in [6.07, 6.45) is 4.09. The van der Waals surface area contributed by atoms with Gasteiger partial charge in [0.1, 0.15) is 0 Å². The number of hydrogen-bond acceptors (Lipinski definition) is 4. The van der Waals surface area contributed by atoms with Crippen molar-refractivity contribution in [2.24, 2.45) is 0 Å². The Balaban J connectivity index is 2.30. The molecule has 0 spiro atoms. The zero-order valence-corrected chi connectivity index (χ0v) is 12.7. The molecule has 0 saturated carbocycles. The van der Waals surface area contributed by atoms with Crippen LogP contribution in [-0.2, 0) is 19.1 Å². The van der Waals surface area contributed by atoms with Crippen molar-refractivity contribution >= 4 is 17.4 Å². The number of rotatable bonds is 6. The molecule has 0 aromatic heterocycles. The van der Waals surface area contributed by atoms with Gasteiger partial charge >= 0.3 is 0 Å². The number of hydrogen-bond donors (Lipinski definition) is 1. The molecule has 0 unspecified atom stereocenters. The summed E-state index contributed by atoms with van der Waals surface area (Å²) in [7, 11) is 0. The van der Waals surface area contributed by atoms with E-state index in [0.717, 1.165) is 0 Å². The molecule has 22 heavy (non-hydrogen) atoms. The maximum absolute atomic E-state index is 12.6. The van der Waals surface area contributed by atoms with E-state index in [9.17, 15) is 9.59 Å². The van der Waals surface area contributed by atoms with E-state index in [1.54, 1.807) is 26.0 Å². The van der Waals surface area contributed by atoms with Crippen molar-refractivity contribution < 1.29 is 19.1 Å². The molecule has 116 valence electrons. The maximum atomic E-state index is 12.6. The van der Waals surface area contributed by atoms with E-state index in [2.05, 4.69) is 5.32 Å². The lowest BCUT2D eigenvalue weighted by atomic mass is 9.97. The van der Waals surface area contributed by atoms with Gasteiger partial charge < -0.3 is 14.8 Å². The van der Waals surface area contributed by atoms with Crippen LogP contribution < -0.4 is 5.32 Å². The second-order valence-electron chi connectivity index (χ2n) is 4.65. The number of carbonyl (C=O) groups is 2. The van der Waals surface area contributed by atoms with Gasteiger partial charge in [0, 0.05) is 18.9 Å². The first-order valence-corrected chi connectivity index (χ1v) is 7.21. The number of para-hydroxylation sites is 1. The number of ketones is 1. The second kappa shape index (κ2) is 7.15. The van der Waals surface area contributed by atoms with Gasteiger partial charge in [0.05, 0.1) is 5.57 Å². The third kappa shape index (κ3) is 3.50. The Kier molecular flexibility index (Phi) is 5.25. The molecule has 1 aliphatic carbocycles.